The van der Waals surface area contributed by atoms with Gasteiger partial charge in [-0.15, -0.1) is 0 Å². The maximum atomic E-state index is 12.3. The van der Waals surface area contributed by atoms with E-state index in [0.29, 0.717) is 6.42 Å². The number of amides is 1. The number of benzene rings is 2. The van der Waals surface area contributed by atoms with Crippen molar-refractivity contribution < 1.29 is 14.3 Å². The number of ether oxygens (including phenoxy) is 1. The van der Waals surface area contributed by atoms with Crippen molar-refractivity contribution in [2.75, 3.05) is 11.9 Å². The van der Waals surface area contributed by atoms with E-state index in [9.17, 15) is 9.59 Å². The van der Waals surface area contributed by atoms with Gasteiger partial charge in [0.1, 0.15) is 0 Å². The number of aryl methyl sites for hydroxylation is 3. The molecule has 2 aromatic rings. The third-order valence-electron chi connectivity index (χ3n) is 4.18. The van der Waals surface area contributed by atoms with Crippen molar-refractivity contribution in [3.8, 4) is 0 Å². The van der Waals surface area contributed by atoms with Gasteiger partial charge in [0, 0.05) is 5.69 Å². The average molecular weight is 339 g/mol. The second-order valence-corrected chi connectivity index (χ2v) is 6.30. The van der Waals surface area contributed by atoms with Gasteiger partial charge in [-0.2, -0.15) is 0 Å². The first-order valence-corrected chi connectivity index (χ1v) is 8.51. The Morgan fingerprint density at radius 2 is 1.64 bits per heavy atom. The molecule has 0 aliphatic carbocycles. The monoisotopic (exact) mass is 339 g/mol. The van der Waals surface area contributed by atoms with Crippen LogP contribution in [0.2, 0.25) is 0 Å². The van der Waals surface area contributed by atoms with Crippen LogP contribution in [0.15, 0.2) is 42.5 Å². The van der Waals surface area contributed by atoms with Gasteiger partial charge in [-0.1, -0.05) is 55.0 Å². The largest absolute Gasteiger partial charge is 0.455 e. The topological polar surface area (TPSA) is 55.4 Å². The molecule has 1 amide bonds. The van der Waals surface area contributed by atoms with Gasteiger partial charge in [0.15, 0.2) is 6.61 Å². The summed E-state index contributed by atoms with van der Waals surface area (Å²) in [5.74, 6) is -1.05. The van der Waals surface area contributed by atoms with E-state index in [-0.39, 0.29) is 24.4 Å². The van der Waals surface area contributed by atoms with Crippen LogP contribution in [0, 0.1) is 20.8 Å². The molecule has 1 N–H and O–H groups in total. The molecule has 132 valence electrons. The predicted molar refractivity (Wildman–Crippen MR) is 99.7 cm³/mol. The first-order chi connectivity index (χ1) is 11.9. The molecule has 1 atom stereocenters. The Labute approximate surface area is 149 Å². The minimum absolute atomic E-state index is 0.283. The number of nitrogens with one attached hydrogen (secondary N) is 1. The number of carbonyl (C=O) groups is 2. The van der Waals surface area contributed by atoms with Crippen molar-refractivity contribution in [1.29, 1.82) is 0 Å². The smallest absolute Gasteiger partial charge is 0.313 e. The highest BCUT2D eigenvalue weighted by molar-refractivity contribution is 5.94. The van der Waals surface area contributed by atoms with E-state index in [0.717, 1.165) is 27.9 Å². The van der Waals surface area contributed by atoms with Crippen LogP contribution < -0.4 is 5.32 Å². The highest BCUT2D eigenvalue weighted by atomic mass is 16.5. The molecule has 0 aromatic heterocycles. The molecule has 0 heterocycles. The molecule has 0 radical (unpaired) electrons. The van der Waals surface area contributed by atoms with Crippen LogP contribution in [0.5, 0.6) is 0 Å². The van der Waals surface area contributed by atoms with Crippen molar-refractivity contribution >= 4 is 17.6 Å². The van der Waals surface area contributed by atoms with Crippen molar-refractivity contribution in [1.82, 2.24) is 0 Å². The van der Waals surface area contributed by atoms with Gasteiger partial charge in [-0.25, -0.2) is 0 Å². The summed E-state index contributed by atoms with van der Waals surface area (Å²) in [6.07, 6.45) is 0.626. The van der Waals surface area contributed by atoms with Crippen LogP contribution in [0.1, 0.15) is 41.5 Å². The number of anilines is 1. The van der Waals surface area contributed by atoms with Gasteiger partial charge in [0.2, 0.25) is 0 Å². The summed E-state index contributed by atoms with van der Waals surface area (Å²) < 4.78 is 5.24. The zero-order valence-electron chi connectivity index (χ0n) is 15.3. The lowest BCUT2D eigenvalue weighted by atomic mass is 9.97. The molecular formula is C21H25NO3. The average Bonchev–Trinajstić information content (AvgIpc) is 2.58. The number of carbonyl (C=O) groups excluding carboxylic acids is 2. The van der Waals surface area contributed by atoms with E-state index < -0.39 is 0 Å². The molecule has 4 nitrogen and oxygen atoms in total. The van der Waals surface area contributed by atoms with Crippen molar-refractivity contribution in [3.05, 3.63) is 64.7 Å². The normalized spacial score (nSPS) is 11.7. The maximum absolute atomic E-state index is 12.3. The molecular weight excluding hydrogens is 314 g/mol. The first-order valence-electron chi connectivity index (χ1n) is 8.51. The molecule has 25 heavy (non-hydrogen) atoms. The Morgan fingerprint density at radius 1 is 1.04 bits per heavy atom. The summed E-state index contributed by atoms with van der Waals surface area (Å²) in [5, 5.41) is 2.84. The number of hydrogen-bond donors (Lipinski definition) is 1. The Balaban J connectivity index is 1.97. The second kappa shape index (κ2) is 8.47. The van der Waals surface area contributed by atoms with E-state index in [2.05, 4.69) is 5.32 Å². The van der Waals surface area contributed by atoms with E-state index in [4.69, 9.17) is 4.74 Å². The van der Waals surface area contributed by atoms with Gasteiger partial charge in [0.05, 0.1) is 5.92 Å². The zero-order valence-corrected chi connectivity index (χ0v) is 15.3. The summed E-state index contributed by atoms with van der Waals surface area (Å²) in [6, 6.07) is 13.5. The SMILES string of the molecule is CCC(C(=O)OCC(=O)Nc1c(C)cc(C)cc1C)c1ccccc1. The maximum Gasteiger partial charge on any atom is 0.313 e. The van der Waals surface area contributed by atoms with Crippen LogP contribution in [0.3, 0.4) is 0 Å². The fourth-order valence-corrected chi connectivity index (χ4v) is 3.01. The first kappa shape index (κ1) is 18.7. The van der Waals surface area contributed by atoms with Gasteiger partial charge in [-0.05, 0) is 43.9 Å². The molecule has 1 unspecified atom stereocenters. The fourth-order valence-electron chi connectivity index (χ4n) is 3.01. The van der Waals surface area contributed by atoms with E-state index in [1.54, 1.807) is 0 Å². The third-order valence-corrected chi connectivity index (χ3v) is 4.18. The van der Waals surface area contributed by atoms with Crippen molar-refractivity contribution in [3.63, 3.8) is 0 Å². The number of hydrogen-bond acceptors (Lipinski definition) is 3. The molecule has 0 fully saturated rings. The van der Waals surface area contributed by atoms with Gasteiger partial charge in [-0.3, -0.25) is 9.59 Å². The molecule has 4 heteroatoms. The Kier molecular flexibility index (Phi) is 6.34. The molecule has 0 bridgehead atoms. The Bertz CT molecular complexity index is 730. The molecule has 0 aliphatic heterocycles. The van der Waals surface area contributed by atoms with Crippen LogP contribution in [-0.2, 0) is 14.3 Å². The van der Waals surface area contributed by atoms with E-state index >= 15 is 0 Å². The van der Waals surface area contributed by atoms with Gasteiger partial charge >= 0.3 is 5.97 Å². The number of esters is 1. The molecule has 0 saturated heterocycles. The fraction of sp³-hybridized carbons (Fsp3) is 0.333. The minimum atomic E-state index is -0.374. The van der Waals surface area contributed by atoms with E-state index in [1.165, 1.54) is 0 Å². The predicted octanol–water partition coefficient (Wildman–Crippen LogP) is 4.29. The molecule has 0 aliphatic rings. The summed E-state index contributed by atoms with van der Waals surface area (Å²) >= 11 is 0. The van der Waals surface area contributed by atoms with E-state index in [1.807, 2.05) is 70.2 Å². The minimum Gasteiger partial charge on any atom is -0.455 e. The Morgan fingerprint density at radius 3 is 2.20 bits per heavy atom. The van der Waals surface area contributed by atoms with Crippen molar-refractivity contribution in [2.24, 2.45) is 0 Å². The second-order valence-electron chi connectivity index (χ2n) is 6.30. The lowest BCUT2D eigenvalue weighted by Crippen LogP contribution is -2.24. The molecule has 2 aromatic carbocycles. The molecule has 0 spiro atoms. The summed E-state index contributed by atoms with van der Waals surface area (Å²) in [7, 11) is 0. The molecule has 2 rings (SSSR count). The highest BCUT2D eigenvalue weighted by Gasteiger charge is 2.21. The zero-order chi connectivity index (χ0) is 18.4. The Hall–Kier alpha value is -2.62. The summed E-state index contributed by atoms with van der Waals surface area (Å²) in [4.78, 5) is 24.5. The van der Waals surface area contributed by atoms with Crippen LogP contribution in [-0.4, -0.2) is 18.5 Å². The lowest BCUT2D eigenvalue weighted by molar-refractivity contribution is -0.149. The summed E-state index contributed by atoms with van der Waals surface area (Å²) in [5.41, 5.74) is 4.82. The highest BCUT2D eigenvalue weighted by Crippen LogP contribution is 2.23. The van der Waals surface area contributed by atoms with Gasteiger partial charge in [0.25, 0.3) is 5.91 Å². The standard InChI is InChI=1S/C21H25NO3/c1-5-18(17-9-7-6-8-10-17)21(24)25-13-19(23)22-20-15(3)11-14(2)12-16(20)4/h6-12,18H,5,13H2,1-4H3,(H,22,23). The third kappa shape index (κ3) is 4.92. The number of rotatable bonds is 6. The van der Waals surface area contributed by atoms with Crippen LogP contribution in [0.4, 0.5) is 5.69 Å². The molecule has 0 saturated carbocycles. The quantitative estimate of drug-likeness (QED) is 0.799. The van der Waals surface area contributed by atoms with Crippen LogP contribution in [0.25, 0.3) is 0 Å². The van der Waals surface area contributed by atoms with Crippen molar-refractivity contribution in [2.45, 2.75) is 40.0 Å². The summed E-state index contributed by atoms with van der Waals surface area (Å²) in [6.45, 7) is 7.56. The van der Waals surface area contributed by atoms with Crippen LogP contribution >= 0.6 is 0 Å². The van der Waals surface area contributed by atoms with Gasteiger partial charge < -0.3 is 10.1 Å². The lowest BCUT2D eigenvalue weighted by Gasteiger charge is -2.16.